The molecule has 2 aromatic carbocycles. The van der Waals surface area contributed by atoms with Gasteiger partial charge in [0.2, 0.25) is 0 Å². The van der Waals surface area contributed by atoms with E-state index in [0.717, 1.165) is 59.1 Å². The first-order valence-corrected chi connectivity index (χ1v) is 10.7. The Labute approximate surface area is 186 Å². The molecule has 164 valence electrons. The summed E-state index contributed by atoms with van der Waals surface area (Å²) < 4.78 is 21.4. The molecule has 0 saturated carbocycles. The SMILES string of the molecule is COc1cc(/C=C2\CCCN3C2=NOC[C@H]3c2cccc(F)c2)ccc1-n1cnc(C)c1. The highest BCUT2D eigenvalue weighted by Gasteiger charge is 2.33. The van der Waals surface area contributed by atoms with Crippen LogP contribution >= 0.6 is 0 Å². The predicted molar refractivity (Wildman–Crippen MR) is 121 cm³/mol. The van der Waals surface area contributed by atoms with Crippen LogP contribution in [0.15, 0.2) is 65.7 Å². The fourth-order valence-electron chi connectivity index (χ4n) is 4.39. The van der Waals surface area contributed by atoms with Gasteiger partial charge in [0, 0.05) is 12.7 Å². The van der Waals surface area contributed by atoms with E-state index in [1.807, 2.05) is 35.9 Å². The van der Waals surface area contributed by atoms with Crippen molar-refractivity contribution in [1.29, 1.82) is 0 Å². The molecule has 2 aliphatic rings. The minimum absolute atomic E-state index is 0.0525. The van der Waals surface area contributed by atoms with Gasteiger partial charge in [-0.2, -0.15) is 0 Å². The third-order valence-corrected chi connectivity index (χ3v) is 5.93. The van der Waals surface area contributed by atoms with Crippen LogP contribution in [0.2, 0.25) is 0 Å². The fourth-order valence-corrected chi connectivity index (χ4v) is 4.39. The van der Waals surface area contributed by atoms with E-state index in [0.29, 0.717) is 6.61 Å². The molecule has 32 heavy (non-hydrogen) atoms. The van der Waals surface area contributed by atoms with E-state index < -0.39 is 0 Å². The molecule has 0 N–H and O–H groups in total. The van der Waals surface area contributed by atoms with Gasteiger partial charge in [-0.3, -0.25) is 0 Å². The lowest BCUT2D eigenvalue weighted by Gasteiger charge is -2.40. The summed E-state index contributed by atoms with van der Waals surface area (Å²) in [6.45, 7) is 3.23. The highest BCUT2D eigenvalue weighted by molar-refractivity contribution is 6.03. The van der Waals surface area contributed by atoms with E-state index in [4.69, 9.17) is 9.57 Å². The second-order valence-corrected chi connectivity index (χ2v) is 8.10. The van der Waals surface area contributed by atoms with Gasteiger partial charge in [0.05, 0.1) is 30.9 Å². The maximum Gasteiger partial charge on any atom is 0.172 e. The first kappa shape index (κ1) is 20.3. The lowest BCUT2D eigenvalue weighted by Crippen LogP contribution is -2.44. The van der Waals surface area contributed by atoms with Crippen LogP contribution in [-0.4, -0.2) is 40.5 Å². The first-order valence-electron chi connectivity index (χ1n) is 10.7. The number of benzene rings is 2. The highest BCUT2D eigenvalue weighted by atomic mass is 19.1. The number of aromatic nitrogens is 2. The summed E-state index contributed by atoms with van der Waals surface area (Å²) in [5.74, 6) is 1.36. The van der Waals surface area contributed by atoms with Crippen LogP contribution in [0.5, 0.6) is 5.75 Å². The summed E-state index contributed by atoms with van der Waals surface area (Å²) in [5.41, 5.74) is 4.91. The van der Waals surface area contributed by atoms with Crippen molar-refractivity contribution >= 4 is 11.9 Å². The number of hydrogen-bond acceptors (Lipinski definition) is 5. The average Bonchev–Trinajstić information content (AvgIpc) is 3.25. The number of nitrogens with zero attached hydrogens (tertiary/aromatic N) is 4. The third-order valence-electron chi connectivity index (χ3n) is 5.93. The van der Waals surface area contributed by atoms with Gasteiger partial charge in [0.15, 0.2) is 5.84 Å². The van der Waals surface area contributed by atoms with E-state index in [9.17, 15) is 4.39 Å². The summed E-state index contributed by atoms with van der Waals surface area (Å²) >= 11 is 0. The van der Waals surface area contributed by atoms with Crippen molar-refractivity contribution in [1.82, 2.24) is 14.5 Å². The molecule has 1 aromatic heterocycles. The number of ether oxygens (including phenoxy) is 1. The quantitative estimate of drug-likeness (QED) is 0.589. The monoisotopic (exact) mass is 432 g/mol. The molecule has 1 atom stereocenters. The van der Waals surface area contributed by atoms with Gasteiger partial charge in [-0.15, -0.1) is 0 Å². The Morgan fingerprint density at radius 1 is 1.22 bits per heavy atom. The number of aryl methyl sites for hydroxylation is 1. The molecule has 0 unspecified atom stereocenters. The maximum absolute atomic E-state index is 13.8. The summed E-state index contributed by atoms with van der Waals surface area (Å²) in [7, 11) is 1.67. The Kier molecular flexibility index (Phi) is 5.39. The van der Waals surface area contributed by atoms with E-state index in [1.165, 1.54) is 6.07 Å². The number of rotatable bonds is 4. The molecule has 0 amide bonds. The molecule has 2 aliphatic heterocycles. The first-order chi connectivity index (χ1) is 15.6. The number of imidazole rings is 1. The van der Waals surface area contributed by atoms with Crippen molar-refractivity contribution in [3.05, 3.63) is 83.2 Å². The maximum atomic E-state index is 13.8. The number of methoxy groups -OCH3 is 1. The molecule has 0 spiro atoms. The summed E-state index contributed by atoms with van der Waals surface area (Å²) in [6, 6.07) is 12.8. The van der Waals surface area contributed by atoms with Gasteiger partial charge in [-0.25, -0.2) is 9.37 Å². The number of halogens is 1. The number of oxime groups is 1. The number of piperidine rings is 1. The number of amidine groups is 1. The topological polar surface area (TPSA) is 51.9 Å². The Hall–Kier alpha value is -3.61. The Bertz CT molecular complexity index is 1200. The molecule has 3 heterocycles. The number of hydrogen-bond donors (Lipinski definition) is 0. The second-order valence-electron chi connectivity index (χ2n) is 8.10. The fraction of sp³-hybridized carbons (Fsp3) is 0.280. The van der Waals surface area contributed by atoms with Crippen molar-refractivity contribution in [3.8, 4) is 11.4 Å². The lowest BCUT2D eigenvalue weighted by atomic mass is 9.96. The highest BCUT2D eigenvalue weighted by Crippen LogP contribution is 2.34. The van der Waals surface area contributed by atoms with Gasteiger partial charge in [0.1, 0.15) is 18.2 Å². The lowest BCUT2D eigenvalue weighted by molar-refractivity contribution is 0.0574. The second kappa shape index (κ2) is 8.49. The van der Waals surface area contributed by atoms with Gasteiger partial charge in [-0.1, -0.05) is 23.4 Å². The third kappa shape index (κ3) is 3.86. The van der Waals surface area contributed by atoms with Crippen molar-refractivity contribution in [2.45, 2.75) is 25.8 Å². The summed E-state index contributed by atoms with van der Waals surface area (Å²) in [4.78, 5) is 12.1. The molecule has 0 aliphatic carbocycles. The van der Waals surface area contributed by atoms with Crippen LogP contribution in [0.25, 0.3) is 11.8 Å². The zero-order valence-electron chi connectivity index (χ0n) is 18.2. The van der Waals surface area contributed by atoms with Gasteiger partial charge < -0.3 is 19.0 Å². The molecular weight excluding hydrogens is 407 g/mol. The minimum atomic E-state index is -0.236. The molecule has 5 rings (SSSR count). The Morgan fingerprint density at radius 2 is 2.12 bits per heavy atom. The molecular formula is C25H25FN4O2. The van der Waals surface area contributed by atoms with Crippen LogP contribution < -0.4 is 4.74 Å². The standard InChI is InChI=1S/C25H25FN4O2/c1-17-14-29(16-27-17)22-9-8-18(12-24(22)31-2)11-20-6-4-10-30-23(15-32-28-25(20)30)19-5-3-7-21(26)13-19/h3,5,7-9,11-14,16,23H,4,6,10,15H2,1-2H3/b20-11+/t23-/m0/s1. The van der Waals surface area contributed by atoms with E-state index >= 15 is 0 Å². The summed E-state index contributed by atoms with van der Waals surface area (Å²) in [6.07, 6.45) is 7.79. The zero-order valence-corrected chi connectivity index (χ0v) is 18.2. The van der Waals surface area contributed by atoms with Gasteiger partial charge >= 0.3 is 0 Å². The molecule has 3 aromatic rings. The zero-order chi connectivity index (χ0) is 22.1. The van der Waals surface area contributed by atoms with Gasteiger partial charge in [0.25, 0.3) is 0 Å². The van der Waals surface area contributed by atoms with Crippen molar-refractivity contribution in [2.75, 3.05) is 20.3 Å². The smallest absolute Gasteiger partial charge is 0.172 e. The normalized spacial score (nSPS) is 19.3. The minimum Gasteiger partial charge on any atom is -0.495 e. The Morgan fingerprint density at radius 3 is 2.91 bits per heavy atom. The van der Waals surface area contributed by atoms with Crippen LogP contribution in [0.1, 0.15) is 35.7 Å². The van der Waals surface area contributed by atoms with Crippen LogP contribution in [-0.2, 0) is 4.84 Å². The molecule has 7 heteroatoms. The van der Waals surface area contributed by atoms with Crippen LogP contribution in [0.3, 0.4) is 0 Å². The molecule has 6 nitrogen and oxygen atoms in total. The molecule has 0 radical (unpaired) electrons. The Balaban J connectivity index is 1.46. The van der Waals surface area contributed by atoms with E-state index in [1.54, 1.807) is 25.6 Å². The summed E-state index contributed by atoms with van der Waals surface area (Å²) in [5, 5.41) is 4.37. The predicted octanol–water partition coefficient (Wildman–Crippen LogP) is 4.89. The van der Waals surface area contributed by atoms with E-state index in [2.05, 4.69) is 27.2 Å². The van der Waals surface area contributed by atoms with E-state index in [-0.39, 0.29) is 11.9 Å². The van der Waals surface area contributed by atoms with Gasteiger partial charge in [-0.05, 0) is 66.8 Å². The largest absolute Gasteiger partial charge is 0.495 e. The van der Waals surface area contributed by atoms with Crippen molar-refractivity contribution in [3.63, 3.8) is 0 Å². The van der Waals surface area contributed by atoms with Crippen LogP contribution in [0, 0.1) is 12.7 Å². The molecule has 1 fully saturated rings. The van der Waals surface area contributed by atoms with Crippen molar-refractivity contribution < 1.29 is 14.0 Å². The average molecular weight is 432 g/mol. The molecule has 1 saturated heterocycles. The number of fused-ring (bicyclic) bond motifs is 1. The van der Waals surface area contributed by atoms with Crippen molar-refractivity contribution in [2.24, 2.45) is 5.16 Å². The molecule has 0 bridgehead atoms. The van der Waals surface area contributed by atoms with Crippen LogP contribution in [0.4, 0.5) is 4.39 Å².